The fourth-order valence-electron chi connectivity index (χ4n) is 2.60. The Morgan fingerprint density at radius 2 is 2.19 bits per heavy atom. The summed E-state index contributed by atoms with van der Waals surface area (Å²) >= 11 is 1.52. The van der Waals surface area contributed by atoms with Crippen molar-refractivity contribution in [2.75, 3.05) is 25.5 Å². The molecule has 6 heteroatoms. The van der Waals surface area contributed by atoms with Crippen LogP contribution in [-0.2, 0) is 22.5 Å². The topological polar surface area (TPSA) is 58.6 Å². The highest BCUT2D eigenvalue weighted by Gasteiger charge is 2.33. The van der Waals surface area contributed by atoms with E-state index in [-0.39, 0.29) is 17.8 Å². The normalized spacial score (nSPS) is 18.2. The molecular weight excluding hydrogens is 288 g/mol. The average molecular weight is 308 g/mol. The number of carbonyl (C=O) groups excluding carboxylic acids is 2. The number of rotatable bonds is 4. The second-order valence-corrected chi connectivity index (χ2v) is 6.78. The highest BCUT2D eigenvalue weighted by molar-refractivity contribution is 7.17. The summed E-state index contributed by atoms with van der Waals surface area (Å²) in [6.07, 6.45) is 2.73. The third kappa shape index (κ3) is 2.96. The summed E-state index contributed by atoms with van der Waals surface area (Å²) in [5.74, 6) is -0.153. The first kappa shape index (κ1) is 14.5. The van der Waals surface area contributed by atoms with Gasteiger partial charge >= 0.3 is 5.97 Å². The van der Waals surface area contributed by atoms with Crippen LogP contribution in [0.5, 0.6) is 0 Å². The monoisotopic (exact) mass is 308 g/mol. The van der Waals surface area contributed by atoms with Crippen molar-refractivity contribution in [1.82, 2.24) is 4.90 Å². The molecule has 0 atom stereocenters. The zero-order chi connectivity index (χ0) is 15.0. The fourth-order valence-corrected chi connectivity index (χ4v) is 3.92. The molecule has 2 aliphatic rings. The lowest BCUT2D eigenvalue weighted by Gasteiger charge is -2.22. The van der Waals surface area contributed by atoms with Gasteiger partial charge in [0.2, 0.25) is 5.91 Å². The highest BCUT2D eigenvalue weighted by atomic mass is 32.1. The highest BCUT2D eigenvalue weighted by Crippen LogP contribution is 2.39. The van der Waals surface area contributed by atoms with Crippen LogP contribution >= 0.6 is 11.3 Å². The van der Waals surface area contributed by atoms with Gasteiger partial charge in [-0.2, -0.15) is 0 Å². The lowest BCUT2D eigenvalue weighted by molar-refractivity contribution is -0.117. The molecule has 114 valence electrons. The van der Waals surface area contributed by atoms with Crippen molar-refractivity contribution in [3.05, 3.63) is 16.0 Å². The van der Waals surface area contributed by atoms with Gasteiger partial charge in [0.25, 0.3) is 0 Å². The number of likely N-dealkylation sites (N-methyl/N-ethyl adjacent to an activating group) is 1. The molecule has 5 nitrogen and oxygen atoms in total. The van der Waals surface area contributed by atoms with E-state index in [0.717, 1.165) is 42.8 Å². The van der Waals surface area contributed by atoms with Crippen LogP contribution in [0.3, 0.4) is 0 Å². The second kappa shape index (κ2) is 5.77. The van der Waals surface area contributed by atoms with Crippen LogP contribution in [0.15, 0.2) is 0 Å². The van der Waals surface area contributed by atoms with Crippen LogP contribution in [0.4, 0.5) is 5.00 Å². The van der Waals surface area contributed by atoms with E-state index in [1.165, 1.54) is 11.3 Å². The minimum absolute atomic E-state index is 0.0347. The number of nitrogens with one attached hydrogen (secondary N) is 1. The summed E-state index contributed by atoms with van der Waals surface area (Å²) in [7, 11) is 2.06. The van der Waals surface area contributed by atoms with E-state index in [1.807, 2.05) is 0 Å². The van der Waals surface area contributed by atoms with Crippen molar-refractivity contribution in [1.29, 1.82) is 0 Å². The Kier molecular flexibility index (Phi) is 3.99. The van der Waals surface area contributed by atoms with Crippen LogP contribution in [0.2, 0.25) is 0 Å². The SMILES string of the molecule is CCOC(=O)c1c(NC(=O)C2CC2)sc2c1CCN(C)C2. The molecule has 0 saturated heterocycles. The van der Waals surface area contributed by atoms with Crippen LogP contribution in [0, 0.1) is 5.92 Å². The van der Waals surface area contributed by atoms with Crippen molar-refractivity contribution < 1.29 is 14.3 Å². The van der Waals surface area contributed by atoms with Gasteiger partial charge in [-0.05, 0) is 38.8 Å². The lowest BCUT2D eigenvalue weighted by Crippen LogP contribution is -2.26. The molecule has 1 N–H and O–H groups in total. The van der Waals surface area contributed by atoms with Crippen LogP contribution in [0.25, 0.3) is 0 Å². The molecule has 1 saturated carbocycles. The van der Waals surface area contributed by atoms with Gasteiger partial charge < -0.3 is 15.0 Å². The summed E-state index contributed by atoms with van der Waals surface area (Å²) in [5.41, 5.74) is 1.64. The largest absolute Gasteiger partial charge is 0.462 e. The molecule has 0 aromatic carbocycles. The van der Waals surface area contributed by atoms with E-state index < -0.39 is 0 Å². The minimum Gasteiger partial charge on any atom is -0.462 e. The molecule has 0 bridgehead atoms. The molecule has 21 heavy (non-hydrogen) atoms. The van der Waals surface area contributed by atoms with Gasteiger partial charge in [0.05, 0.1) is 12.2 Å². The van der Waals surface area contributed by atoms with E-state index >= 15 is 0 Å². The molecular formula is C15H20N2O3S. The maximum absolute atomic E-state index is 12.3. The van der Waals surface area contributed by atoms with Crippen molar-refractivity contribution in [2.45, 2.75) is 32.7 Å². The minimum atomic E-state index is -0.314. The first-order valence-electron chi connectivity index (χ1n) is 7.41. The average Bonchev–Trinajstić information content (AvgIpc) is 3.21. The van der Waals surface area contributed by atoms with Gasteiger partial charge in [0.15, 0.2) is 0 Å². The van der Waals surface area contributed by atoms with Gasteiger partial charge in [-0.15, -0.1) is 11.3 Å². The summed E-state index contributed by atoms with van der Waals surface area (Å²) in [6, 6.07) is 0. The Morgan fingerprint density at radius 1 is 1.43 bits per heavy atom. The van der Waals surface area contributed by atoms with E-state index in [9.17, 15) is 9.59 Å². The number of esters is 1. The van der Waals surface area contributed by atoms with Gasteiger partial charge in [-0.25, -0.2) is 4.79 Å². The molecule has 1 aliphatic carbocycles. The molecule has 1 aromatic heterocycles. The summed E-state index contributed by atoms with van der Waals surface area (Å²) < 4.78 is 5.18. The predicted octanol–water partition coefficient (Wildman–Crippen LogP) is 2.26. The molecule has 0 radical (unpaired) electrons. The smallest absolute Gasteiger partial charge is 0.341 e. The van der Waals surface area contributed by atoms with Gasteiger partial charge in [-0.3, -0.25) is 4.79 Å². The number of anilines is 1. The van der Waals surface area contributed by atoms with Crippen LogP contribution in [-0.4, -0.2) is 37.0 Å². The predicted molar refractivity (Wildman–Crippen MR) is 81.7 cm³/mol. The zero-order valence-corrected chi connectivity index (χ0v) is 13.2. The molecule has 0 unspecified atom stereocenters. The van der Waals surface area contributed by atoms with E-state index in [1.54, 1.807) is 6.92 Å². The van der Waals surface area contributed by atoms with Crippen molar-refractivity contribution in [3.63, 3.8) is 0 Å². The van der Waals surface area contributed by atoms with Crippen molar-refractivity contribution >= 4 is 28.2 Å². The summed E-state index contributed by atoms with van der Waals surface area (Å²) in [5, 5.41) is 3.62. The Balaban J connectivity index is 1.92. The quantitative estimate of drug-likeness (QED) is 0.867. The Morgan fingerprint density at radius 3 is 2.86 bits per heavy atom. The molecule has 2 heterocycles. The number of hydrogen-bond donors (Lipinski definition) is 1. The number of hydrogen-bond acceptors (Lipinski definition) is 5. The maximum atomic E-state index is 12.3. The standard InChI is InChI=1S/C15H20N2O3S/c1-3-20-15(19)12-10-6-7-17(2)8-11(10)21-14(12)16-13(18)9-4-5-9/h9H,3-8H2,1-2H3,(H,16,18). The van der Waals surface area contributed by atoms with Crippen LogP contribution in [0.1, 0.15) is 40.6 Å². The zero-order valence-electron chi connectivity index (χ0n) is 12.4. The van der Waals surface area contributed by atoms with E-state index in [0.29, 0.717) is 17.2 Å². The maximum Gasteiger partial charge on any atom is 0.341 e. The third-order valence-electron chi connectivity index (χ3n) is 3.91. The number of ether oxygens (including phenoxy) is 1. The van der Waals surface area contributed by atoms with Crippen LogP contribution < -0.4 is 5.32 Å². The number of carbonyl (C=O) groups is 2. The molecule has 1 aliphatic heterocycles. The second-order valence-electron chi connectivity index (χ2n) is 5.68. The Hall–Kier alpha value is -1.40. The molecule has 1 aromatic rings. The molecule has 0 spiro atoms. The van der Waals surface area contributed by atoms with Gasteiger partial charge in [0, 0.05) is 23.9 Å². The van der Waals surface area contributed by atoms with Gasteiger partial charge in [-0.1, -0.05) is 0 Å². The number of fused-ring (bicyclic) bond motifs is 1. The van der Waals surface area contributed by atoms with Gasteiger partial charge in [0.1, 0.15) is 5.00 Å². The summed E-state index contributed by atoms with van der Waals surface area (Å²) in [4.78, 5) is 27.7. The number of amides is 1. The van der Waals surface area contributed by atoms with E-state index in [4.69, 9.17) is 4.74 Å². The van der Waals surface area contributed by atoms with Crippen molar-refractivity contribution in [3.8, 4) is 0 Å². The third-order valence-corrected chi connectivity index (χ3v) is 5.04. The lowest BCUT2D eigenvalue weighted by atomic mass is 10.0. The number of nitrogens with zero attached hydrogens (tertiary/aromatic N) is 1. The van der Waals surface area contributed by atoms with E-state index in [2.05, 4.69) is 17.3 Å². The first-order valence-corrected chi connectivity index (χ1v) is 8.22. The molecule has 1 fully saturated rings. The fraction of sp³-hybridized carbons (Fsp3) is 0.600. The van der Waals surface area contributed by atoms with Crippen molar-refractivity contribution in [2.24, 2.45) is 5.92 Å². The summed E-state index contributed by atoms with van der Waals surface area (Å²) in [6.45, 7) is 3.89. The first-order chi connectivity index (χ1) is 10.1. The Labute approximate surface area is 128 Å². The Bertz CT molecular complexity index is 578. The molecule has 3 rings (SSSR count). The molecule has 1 amide bonds. The number of thiophene rings is 1.